The molecule has 2 aliphatic rings. The summed E-state index contributed by atoms with van der Waals surface area (Å²) >= 11 is 0. The second-order valence-corrected chi connectivity index (χ2v) is 7.28. The average molecular weight is 342 g/mol. The number of anilines is 2. The third-order valence-corrected chi connectivity index (χ3v) is 5.61. The fourth-order valence-electron chi connectivity index (χ4n) is 4.58. The van der Waals surface area contributed by atoms with Gasteiger partial charge in [0.25, 0.3) is 0 Å². The second kappa shape index (κ2) is 6.24. The van der Waals surface area contributed by atoms with E-state index >= 15 is 0 Å². The molecule has 0 spiro atoms. The molecule has 1 aliphatic carbocycles. The molecule has 25 heavy (non-hydrogen) atoms. The smallest absolute Gasteiger partial charge is 0.342 e. The van der Waals surface area contributed by atoms with E-state index in [0.29, 0.717) is 11.6 Å². The summed E-state index contributed by atoms with van der Waals surface area (Å²) in [4.78, 5) is 17.3. The first kappa shape index (κ1) is 16.2. The van der Waals surface area contributed by atoms with E-state index in [-0.39, 0.29) is 5.97 Å². The second-order valence-electron chi connectivity index (χ2n) is 7.28. The number of hydrogen-bond donors (Lipinski definition) is 0. The van der Waals surface area contributed by atoms with Crippen molar-refractivity contribution in [1.29, 1.82) is 0 Å². The highest BCUT2D eigenvalue weighted by Crippen LogP contribution is 2.43. The Morgan fingerprint density at radius 1 is 1.28 bits per heavy atom. The van der Waals surface area contributed by atoms with Crippen molar-refractivity contribution >= 4 is 23.0 Å². The van der Waals surface area contributed by atoms with Crippen molar-refractivity contribution in [2.24, 2.45) is 0 Å². The summed E-state index contributed by atoms with van der Waals surface area (Å²) < 4.78 is 7.04. The Morgan fingerprint density at radius 3 is 2.72 bits per heavy atom. The molecule has 0 saturated heterocycles. The van der Waals surface area contributed by atoms with Gasteiger partial charge in [0.1, 0.15) is 11.4 Å². The minimum Gasteiger partial charge on any atom is -0.465 e. The maximum atomic E-state index is 12.7. The van der Waals surface area contributed by atoms with E-state index in [1.54, 1.807) is 6.20 Å². The van der Waals surface area contributed by atoms with Crippen LogP contribution >= 0.6 is 0 Å². The molecule has 6 heteroatoms. The van der Waals surface area contributed by atoms with Gasteiger partial charge in [0, 0.05) is 32.2 Å². The highest BCUT2D eigenvalue weighted by atomic mass is 16.5. The summed E-state index contributed by atoms with van der Waals surface area (Å²) in [6.45, 7) is 0.970. The summed E-state index contributed by atoms with van der Waals surface area (Å²) in [6.07, 6.45) is 9.00. The van der Waals surface area contributed by atoms with Gasteiger partial charge in [0.05, 0.1) is 24.5 Å². The third kappa shape index (κ3) is 2.46. The molecule has 2 aromatic rings. The normalized spacial score (nSPS) is 17.8. The van der Waals surface area contributed by atoms with E-state index in [1.807, 2.05) is 24.7 Å². The van der Waals surface area contributed by atoms with Crippen LogP contribution in [-0.4, -0.2) is 49.4 Å². The molecule has 0 N–H and O–H groups in total. The molecule has 0 aromatic carbocycles. The molecule has 1 aliphatic heterocycles. The lowest BCUT2D eigenvalue weighted by atomic mass is 9.93. The topological polar surface area (TPSA) is 50.1 Å². The number of nitrogens with zero attached hydrogens (tertiary/aromatic N) is 4. The average Bonchev–Trinajstić information content (AvgIpc) is 3.26. The molecule has 4 rings (SSSR count). The Bertz CT molecular complexity index is 805. The minimum atomic E-state index is -0.269. The van der Waals surface area contributed by atoms with E-state index in [2.05, 4.69) is 14.9 Å². The highest BCUT2D eigenvalue weighted by molar-refractivity contribution is 6.05. The number of fused-ring (bicyclic) bond motifs is 2. The molecule has 0 bridgehead atoms. The zero-order chi connectivity index (χ0) is 17.6. The van der Waals surface area contributed by atoms with E-state index in [0.717, 1.165) is 30.0 Å². The van der Waals surface area contributed by atoms with E-state index in [1.165, 1.54) is 44.8 Å². The summed E-state index contributed by atoms with van der Waals surface area (Å²) in [5.74, 6) is 0.802. The van der Waals surface area contributed by atoms with Crippen molar-refractivity contribution in [3.63, 3.8) is 0 Å². The molecule has 6 nitrogen and oxygen atoms in total. The quantitative estimate of drug-likeness (QED) is 0.803. The number of esters is 1. The highest BCUT2D eigenvalue weighted by Gasteiger charge is 2.36. The SMILES string of the molecule is COC(=O)c1c2c(c(N(C)C)n3nccc13)CCN2C1CCCCC1. The summed E-state index contributed by atoms with van der Waals surface area (Å²) in [7, 11) is 5.54. The van der Waals surface area contributed by atoms with Crippen molar-refractivity contribution in [2.45, 2.75) is 44.6 Å². The number of ether oxygens (including phenoxy) is 1. The van der Waals surface area contributed by atoms with Crippen molar-refractivity contribution in [3.05, 3.63) is 23.4 Å². The third-order valence-electron chi connectivity index (χ3n) is 5.61. The zero-order valence-corrected chi connectivity index (χ0v) is 15.3. The van der Waals surface area contributed by atoms with Gasteiger partial charge >= 0.3 is 5.97 Å². The molecular formula is C19H26N4O2. The largest absolute Gasteiger partial charge is 0.465 e. The van der Waals surface area contributed by atoms with Gasteiger partial charge in [-0.05, 0) is 25.3 Å². The van der Waals surface area contributed by atoms with Crippen LogP contribution in [0.2, 0.25) is 0 Å². The number of pyridine rings is 1. The van der Waals surface area contributed by atoms with E-state index in [4.69, 9.17) is 4.74 Å². The van der Waals surface area contributed by atoms with Crippen LogP contribution in [0.25, 0.3) is 5.52 Å². The summed E-state index contributed by atoms with van der Waals surface area (Å²) in [6, 6.07) is 2.44. The maximum absolute atomic E-state index is 12.7. The molecule has 0 radical (unpaired) electrons. The lowest BCUT2D eigenvalue weighted by molar-refractivity contribution is 0.0603. The maximum Gasteiger partial charge on any atom is 0.342 e. The van der Waals surface area contributed by atoms with Crippen LogP contribution in [-0.2, 0) is 11.2 Å². The number of rotatable bonds is 3. The van der Waals surface area contributed by atoms with Gasteiger partial charge in [-0.15, -0.1) is 0 Å². The van der Waals surface area contributed by atoms with Gasteiger partial charge in [0.2, 0.25) is 0 Å². The number of hydrogen-bond acceptors (Lipinski definition) is 5. The van der Waals surface area contributed by atoms with Gasteiger partial charge < -0.3 is 14.5 Å². The monoisotopic (exact) mass is 342 g/mol. The zero-order valence-electron chi connectivity index (χ0n) is 15.3. The van der Waals surface area contributed by atoms with Crippen LogP contribution in [0.5, 0.6) is 0 Å². The van der Waals surface area contributed by atoms with Crippen LogP contribution in [0.4, 0.5) is 11.5 Å². The van der Waals surface area contributed by atoms with E-state index < -0.39 is 0 Å². The van der Waals surface area contributed by atoms with E-state index in [9.17, 15) is 4.79 Å². The lowest BCUT2D eigenvalue weighted by Crippen LogP contribution is -2.36. The van der Waals surface area contributed by atoms with Crippen molar-refractivity contribution < 1.29 is 9.53 Å². The Balaban J connectivity index is 1.96. The summed E-state index contributed by atoms with van der Waals surface area (Å²) in [5.41, 5.74) is 3.79. The fraction of sp³-hybridized carbons (Fsp3) is 0.579. The van der Waals surface area contributed by atoms with Gasteiger partial charge in [-0.2, -0.15) is 5.10 Å². The van der Waals surface area contributed by atoms with Crippen molar-refractivity contribution in [2.75, 3.05) is 37.5 Å². The Hall–Kier alpha value is -2.24. The van der Waals surface area contributed by atoms with Crippen LogP contribution < -0.4 is 9.80 Å². The van der Waals surface area contributed by atoms with Gasteiger partial charge in [-0.25, -0.2) is 9.31 Å². The molecule has 0 amide bonds. The van der Waals surface area contributed by atoms with Crippen molar-refractivity contribution in [1.82, 2.24) is 9.61 Å². The molecule has 0 unspecified atom stereocenters. The van der Waals surface area contributed by atoms with Crippen molar-refractivity contribution in [3.8, 4) is 0 Å². The lowest BCUT2D eigenvalue weighted by Gasteiger charge is -2.34. The number of methoxy groups -OCH3 is 1. The Labute approximate surface area is 148 Å². The molecule has 134 valence electrons. The predicted octanol–water partition coefficient (Wildman–Crippen LogP) is 2.88. The molecule has 3 heterocycles. The molecule has 1 saturated carbocycles. The van der Waals surface area contributed by atoms with Gasteiger partial charge in [0.15, 0.2) is 0 Å². The first-order valence-electron chi connectivity index (χ1n) is 9.18. The van der Waals surface area contributed by atoms with Crippen LogP contribution in [0.3, 0.4) is 0 Å². The van der Waals surface area contributed by atoms with Crippen LogP contribution in [0.15, 0.2) is 12.3 Å². The standard InChI is InChI=1S/C19H26N4O2/c1-21(2)18-14-10-12-22(13-7-5-4-6-8-13)17(14)16(19(24)25-3)15-9-11-20-23(15)18/h9,11,13H,4-8,10,12H2,1-3H3. The number of carbonyl (C=O) groups is 1. The summed E-state index contributed by atoms with van der Waals surface area (Å²) in [5, 5.41) is 4.48. The molecule has 2 aromatic heterocycles. The Morgan fingerprint density at radius 2 is 2.04 bits per heavy atom. The first-order chi connectivity index (χ1) is 12.1. The predicted molar refractivity (Wildman–Crippen MR) is 98.8 cm³/mol. The first-order valence-corrected chi connectivity index (χ1v) is 9.18. The van der Waals surface area contributed by atoms with Crippen LogP contribution in [0.1, 0.15) is 48.0 Å². The minimum absolute atomic E-state index is 0.269. The number of carbonyl (C=O) groups excluding carboxylic acids is 1. The molecule has 1 fully saturated rings. The van der Waals surface area contributed by atoms with Gasteiger partial charge in [-0.1, -0.05) is 19.3 Å². The van der Waals surface area contributed by atoms with Gasteiger partial charge in [-0.3, -0.25) is 0 Å². The molecular weight excluding hydrogens is 316 g/mol. The Kier molecular flexibility index (Phi) is 4.06. The van der Waals surface area contributed by atoms with Crippen LogP contribution in [0, 0.1) is 0 Å². The molecule has 0 atom stereocenters. The number of aromatic nitrogens is 2. The fourth-order valence-corrected chi connectivity index (χ4v) is 4.58.